The predicted molar refractivity (Wildman–Crippen MR) is 78.9 cm³/mol. The molecule has 0 unspecified atom stereocenters. The van der Waals surface area contributed by atoms with Crippen molar-refractivity contribution in [1.29, 1.82) is 0 Å². The third-order valence-electron chi connectivity index (χ3n) is 3.06. The zero-order valence-corrected chi connectivity index (χ0v) is 13.0. The molecule has 2 N–H and O–H groups in total. The van der Waals surface area contributed by atoms with Crippen LogP contribution in [0.3, 0.4) is 0 Å². The number of aromatic amines is 1. The van der Waals surface area contributed by atoms with Gasteiger partial charge in [-0.1, -0.05) is 13.8 Å². The van der Waals surface area contributed by atoms with Gasteiger partial charge in [0.25, 0.3) is 5.91 Å². The van der Waals surface area contributed by atoms with Gasteiger partial charge in [0.2, 0.25) is 0 Å². The first-order valence-corrected chi connectivity index (χ1v) is 7.14. The van der Waals surface area contributed by atoms with Crippen molar-refractivity contribution in [2.45, 2.75) is 33.6 Å². The number of hydrogen-bond acceptors (Lipinski definition) is 4. The van der Waals surface area contributed by atoms with Gasteiger partial charge in [0.05, 0.1) is 5.69 Å². The predicted octanol–water partition coefficient (Wildman–Crippen LogP) is 1.02. The summed E-state index contributed by atoms with van der Waals surface area (Å²) in [5, 5.41) is 14.1. The molecule has 2 aromatic rings. The topological polar surface area (TPSA) is 88.5 Å². The second-order valence-corrected chi connectivity index (χ2v) is 5.59. The maximum atomic E-state index is 12.1. The van der Waals surface area contributed by atoms with Crippen LogP contribution in [0.15, 0.2) is 6.07 Å². The molecule has 7 heteroatoms. The van der Waals surface area contributed by atoms with E-state index >= 15 is 0 Å². The minimum Gasteiger partial charge on any atom is -0.350 e. The van der Waals surface area contributed by atoms with Crippen LogP contribution in [0.5, 0.6) is 0 Å². The standard InChI is InChI=1S/C14H22N6O/c1-9(2)7-11-8-12(20(4)19-11)14(21)15-6-5-13-16-10(3)17-18-13/h8-9H,5-7H2,1-4H3,(H,15,21)(H,16,17,18). The number of carbonyl (C=O) groups excluding carboxylic acids is 1. The SMILES string of the molecule is Cc1nc(CCNC(=O)c2cc(CC(C)C)nn2C)n[nH]1. The lowest BCUT2D eigenvalue weighted by Crippen LogP contribution is -2.27. The number of nitrogens with one attached hydrogen (secondary N) is 2. The quantitative estimate of drug-likeness (QED) is 0.831. The minimum absolute atomic E-state index is 0.118. The summed E-state index contributed by atoms with van der Waals surface area (Å²) in [5.74, 6) is 1.89. The van der Waals surface area contributed by atoms with Crippen LogP contribution in [-0.2, 0) is 19.9 Å². The van der Waals surface area contributed by atoms with E-state index in [-0.39, 0.29) is 5.91 Å². The molecule has 0 spiro atoms. The average molecular weight is 290 g/mol. The van der Waals surface area contributed by atoms with Gasteiger partial charge in [0, 0.05) is 20.0 Å². The van der Waals surface area contributed by atoms with E-state index in [0.29, 0.717) is 30.4 Å². The molecule has 0 radical (unpaired) electrons. The average Bonchev–Trinajstić information content (AvgIpc) is 2.95. The summed E-state index contributed by atoms with van der Waals surface area (Å²) in [5.41, 5.74) is 1.53. The summed E-state index contributed by atoms with van der Waals surface area (Å²) in [7, 11) is 1.79. The van der Waals surface area contributed by atoms with Crippen molar-refractivity contribution in [3.8, 4) is 0 Å². The summed E-state index contributed by atoms with van der Waals surface area (Å²) in [6.45, 7) is 6.61. The first kappa shape index (κ1) is 15.2. The molecule has 2 heterocycles. The zero-order valence-electron chi connectivity index (χ0n) is 13.0. The normalized spacial score (nSPS) is 11.1. The molecule has 0 aliphatic carbocycles. The molecular formula is C14H22N6O. The Balaban J connectivity index is 1.89. The summed E-state index contributed by atoms with van der Waals surface area (Å²) in [6, 6.07) is 1.85. The molecule has 2 rings (SSSR count). The van der Waals surface area contributed by atoms with Crippen LogP contribution >= 0.6 is 0 Å². The van der Waals surface area contributed by atoms with Crippen molar-refractivity contribution in [1.82, 2.24) is 30.3 Å². The van der Waals surface area contributed by atoms with Crippen LogP contribution in [0.1, 0.15) is 41.7 Å². The van der Waals surface area contributed by atoms with E-state index in [1.165, 1.54) is 0 Å². The van der Waals surface area contributed by atoms with Crippen LogP contribution < -0.4 is 5.32 Å². The summed E-state index contributed by atoms with van der Waals surface area (Å²) in [4.78, 5) is 16.3. The van der Waals surface area contributed by atoms with Gasteiger partial charge in [0.15, 0.2) is 5.82 Å². The van der Waals surface area contributed by atoms with E-state index in [4.69, 9.17) is 0 Å². The van der Waals surface area contributed by atoms with Gasteiger partial charge in [-0.2, -0.15) is 10.2 Å². The molecule has 21 heavy (non-hydrogen) atoms. The second kappa shape index (κ2) is 6.51. The fraction of sp³-hybridized carbons (Fsp3) is 0.571. The van der Waals surface area contributed by atoms with Gasteiger partial charge in [-0.15, -0.1) is 0 Å². The highest BCUT2D eigenvalue weighted by Crippen LogP contribution is 2.08. The largest absolute Gasteiger partial charge is 0.350 e. The monoisotopic (exact) mass is 290 g/mol. The van der Waals surface area contributed by atoms with Crippen LogP contribution in [0.25, 0.3) is 0 Å². The third-order valence-corrected chi connectivity index (χ3v) is 3.06. The van der Waals surface area contributed by atoms with E-state index in [2.05, 4.69) is 39.4 Å². The number of H-pyrrole nitrogens is 1. The lowest BCUT2D eigenvalue weighted by molar-refractivity contribution is 0.0944. The number of rotatable bonds is 6. The fourth-order valence-electron chi connectivity index (χ4n) is 2.14. The Hall–Kier alpha value is -2.18. The van der Waals surface area contributed by atoms with Crippen molar-refractivity contribution in [3.05, 3.63) is 29.1 Å². The molecule has 0 aliphatic heterocycles. The Kier molecular flexibility index (Phi) is 4.72. The smallest absolute Gasteiger partial charge is 0.269 e. The Morgan fingerprint density at radius 2 is 2.24 bits per heavy atom. The van der Waals surface area contributed by atoms with Crippen LogP contribution in [-0.4, -0.2) is 37.4 Å². The third kappa shape index (κ3) is 4.14. The first-order chi connectivity index (χ1) is 9.95. The Morgan fingerprint density at radius 3 is 2.86 bits per heavy atom. The zero-order chi connectivity index (χ0) is 15.4. The van der Waals surface area contributed by atoms with Gasteiger partial charge >= 0.3 is 0 Å². The summed E-state index contributed by atoms with van der Waals surface area (Å²) in [6.07, 6.45) is 1.48. The molecular weight excluding hydrogens is 268 g/mol. The summed E-state index contributed by atoms with van der Waals surface area (Å²) < 4.78 is 1.63. The van der Waals surface area contributed by atoms with Crippen LogP contribution in [0.2, 0.25) is 0 Å². The maximum absolute atomic E-state index is 12.1. The lowest BCUT2D eigenvalue weighted by Gasteiger charge is -2.03. The highest BCUT2D eigenvalue weighted by molar-refractivity contribution is 5.92. The van der Waals surface area contributed by atoms with E-state index in [9.17, 15) is 4.79 Å². The minimum atomic E-state index is -0.118. The lowest BCUT2D eigenvalue weighted by atomic mass is 10.1. The molecule has 0 fully saturated rings. The molecule has 1 amide bonds. The van der Waals surface area contributed by atoms with Crippen molar-refractivity contribution >= 4 is 5.91 Å². The number of aryl methyl sites for hydroxylation is 2. The maximum Gasteiger partial charge on any atom is 0.269 e. The number of amides is 1. The van der Waals surface area contributed by atoms with Gasteiger partial charge in [-0.25, -0.2) is 4.98 Å². The Labute approximate surface area is 124 Å². The van der Waals surface area contributed by atoms with Gasteiger partial charge in [-0.3, -0.25) is 14.6 Å². The number of nitrogens with zero attached hydrogens (tertiary/aromatic N) is 4. The molecule has 0 aliphatic rings. The first-order valence-electron chi connectivity index (χ1n) is 7.14. The number of carbonyl (C=O) groups is 1. The van der Waals surface area contributed by atoms with Crippen molar-refractivity contribution in [2.24, 2.45) is 13.0 Å². The van der Waals surface area contributed by atoms with E-state index in [1.54, 1.807) is 11.7 Å². The molecule has 114 valence electrons. The molecule has 0 atom stereocenters. The second-order valence-electron chi connectivity index (χ2n) is 5.59. The van der Waals surface area contributed by atoms with Crippen molar-refractivity contribution < 1.29 is 4.79 Å². The highest BCUT2D eigenvalue weighted by Gasteiger charge is 2.13. The molecule has 0 saturated carbocycles. The van der Waals surface area contributed by atoms with Crippen LogP contribution in [0.4, 0.5) is 0 Å². The van der Waals surface area contributed by atoms with E-state index in [0.717, 1.165) is 17.9 Å². The fourth-order valence-corrected chi connectivity index (χ4v) is 2.14. The van der Waals surface area contributed by atoms with Crippen LogP contribution in [0, 0.1) is 12.8 Å². The van der Waals surface area contributed by atoms with Crippen molar-refractivity contribution in [2.75, 3.05) is 6.54 Å². The highest BCUT2D eigenvalue weighted by atomic mass is 16.2. The van der Waals surface area contributed by atoms with Gasteiger partial charge in [-0.05, 0) is 25.3 Å². The molecule has 0 bridgehead atoms. The Bertz CT molecular complexity index is 613. The summed E-state index contributed by atoms with van der Waals surface area (Å²) >= 11 is 0. The van der Waals surface area contributed by atoms with Crippen molar-refractivity contribution in [3.63, 3.8) is 0 Å². The molecule has 7 nitrogen and oxygen atoms in total. The van der Waals surface area contributed by atoms with Gasteiger partial charge < -0.3 is 5.32 Å². The number of hydrogen-bond donors (Lipinski definition) is 2. The number of aromatic nitrogens is 5. The molecule has 0 saturated heterocycles. The van der Waals surface area contributed by atoms with Gasteiger partial charge in [0.1, 0.15) is 11.5 Å². The molecule has 2 aromatic heterocycles. The van der Waals surface area contributed by atoms with E-state index in [1.807, 2.05) is 13.0 Å². The molecule has 0 aromatic carbocycles. The Morgan fingerprint density at radius 1 is 1.48 bits per heavy atom. The van der Waals surface area contributed by atoms with E-state index < -0.39 is 0 Å².